The van der Waals surface area contributed by atoms with Crippen molar-refractivity contribution >= 4 is 64.9 Å². The Bertz CT molecular complexity index is 579. The number of guanidine groups is 1. The van der Waals surface area contributed by atoms with Gasteiger partial charge in [-0.15, -0.1) is 24.0 Å². The Kier molecular flexibility index (Phi) is 11.1. The van der Waals surface area contributed by atoms with Gasteiger partial charge in [0.25, 0.3) is 0 Å². The summed E-state index contributed by atoms with van der Waals surface area (Å²) in [7, 11) is 1.71. The number of carbonyl (C=O) groups is 1. The number of hydrogen-bond acceptors (Lipinski definition) is 4. The van der Waals surface area contributed by atoms with E-state index in [4.69, 9.17) is 11.6 Å². The summed E-state index contributed by atoms with van der Waals surface area (Å²) in [4.78, 5) is 20.7. The summed E-state index contributed by atoms with van der Waals surface area (Å²) in [6.07, 6.45) is 2.06. The summed E-state index contributed by atoms with van der Waals surface area (Å²) in [6, 6.07) is 7.83. The van der Waals surface area contributed by atoms with E-state index in [2.05, 4.69) is 26.8 Å². The number of halogens is 2. The normalized spacial score (nSPS) is 14.7. The standard InChI is InChI=1S/C17H26ClN5OS.HI/c1-19-17(20-7-12-25-2)21-13-16(24)23-10-8-22(9-11-23)15-5-3-14(18)4-6-15;/h3-6H,7-13H2,1-2H3,(H2,19,20,21);1H. The van der Waals surface area contributed by atoms with Gasteiger partial charge in [0.1, 0.15) is 0 Å². The van der Waals surface area contributed by atoms with Crippen molar-refractivity contribution in [3.63, 3.8) is 0 Å². The molecule has 0 unspecified atom stereocenters. The zero-order valence-electron chi connectivity index (χ0n) is 15.2. The minimum Gasteiger partial charge on any atom is -0.368 e. The lowest BCUT2D eigenvalue weighted by Gasteiger charge is -2.36. The van der Waals surface area contributed by atoms with Gasteiger partial charge in [-0.3, -0.25) is 9.79 Å². The van der Waals surface area contributed by atoms with E-state index in [1.54, 1.807) is 18.8 Å². The summed E-state index contributed by atoms with van der Waals surface area (Å²) in [5.74, 6) is 1.77. The number of hydrogen-bond donors (Lipinski definition) is 2. The maximum absolute atomic E-state index is 12.4. The molecular weight excluding hydrogens is 485 g/mol. The number of benzene rings is 1. The maximum Gasteiger partial charge on any atom is 0.242 e. The van der Waals surface area contributed by atoms with Crippen LogP contribution in [0.15, 0.2) is 29.3 Å². The van der Waals surface area contributed by atoms with Crippen LogP contribution in [0.4, 0.5) is 5.69 Å². The van der Waals surface area contributed by atoms with Gasteiger partial charge in [-0.2, -0.15) is 11.8 Å². The molecule has 0 aromatic heterocycles. The van der Waals surface area contributed by atoms with Gasteiger partial charge in [0.2, 0.25) is 5.91 Å². The predicted octanol–water partition coefficient (Wildman–Crippen LogP) is 2.13. The predicted molar refractivity (Wildman–Crippen MR) is 123 cm³/mol. The Morgan fingerprint density at radius 3 is 2.42 bits per heavy atom. The SMILES string of the molecule is CN=C(NCCSC)NCC(=O)N1CCN(c2ccc(Cl)cc2)CC1.I. The number of amides is 1. The molecule has 1 aromatic carbocycles. The summed E-state index contributed by atoms with van der Waals surface area (Å²) in [5, 5.41) is 7.01. The number of anilines is 1. The first-order valence-electron chi connectivity index (χ1n) is 8.36. The van der Waals surface area contributed by atoms with E-state index >= 15 is 0 Å². The van der Waals surface area contributed by atoms with Crippen LogP contribution in [0.25, 0.3) is 0 Å². The van der Waals surface area contributed by atoms with E-state index < -0.39 is 0 Å². The highest BCUT2D eigenvalue weighted by Crippen LogP contribution is 2.19. The van der Waals surface area contributed by atoms with Gasteiger partial charge in [0.15, 0.2) is 5.96 Å². The molecule has 9 heteroatoms. The highest BCUT2D eigenvalue weighted by atomic mass is 127. The average Bonchev–Trinajstić information content (AvgIpc) is 2.65. The smallest absolute Gasteiger partial charge is 0.242 e. The highest BCUT2D eigenvalue weighted by Gasteiger charge is 2.21. The molecule has 6 nitrogen and oxygen atoms in total. The molecule has 1 aromatic rings. The second kappa shape index (κ2) is 12.5. The highest BCUT2D eigenvalue weighted by molar-refractivity contribution is 14.0. The van der Waals surface area contributed by atoms with Crippen LogP contribution >= 0.6 is 47.3 Å². The van der Waals surface area contributed by atoms with Gasteiger partial charge in [-0.1, -0.05) is 11.6 Å². The molecule has 2 N–H and O–H groups in total. The van der Waals surface area contributed by atoms with Crippen LogP contribution in [0, 0.1) is 0 Å². The van der Waals surface area contributed by atoms with Crippen LogP contribution in [-0.4, -0.2) is 75.1 Å². The summed E-state index contributed by atoms with van der Waals surface area (Å²) < 4.78 is 0. The Labute approximate surface area is 182 Å². The van der Waals surface area contributed by atoms with Crippen LogP contribution in [0.3, 0.4) is 0 Å². The molecule has 146 valence electrons. The molecule has 0 spiro atoms. The molecular formula is C17H27ClIN5OS. The third kappa shape index (κ3) is 7.40. The molecule has 1 fully saturated rings. The van der Waals surface area contributed by atoms with Gasteiger partial charge in [-0.05, 0) is 30.5 Å². The van der Waals surface area contributed by atoms with Crippen LogP contribution in [0.2, 0.25) is 5.02 Å². The number of thioether (sulfide) groups is 1. The molecule has 1 aliphatic rings. The number of nitrogens with zero attached hydrogens (tertiary/aromatic N) is 3. The Balaban J connectivity index is 0.00000338. The van der Waals surface area contributed by atoms with Crippen molar-refractivity contribution < 1.29 is 4.79 Å². The number of nitrogens with one attached hydrogen (secondary N) is 2. The largest absolute Gasteiger partial charge is 0.368 e. The first-order chi connectivity index (χ1) is 12.1. The quantitative estimate of drug-likeness (QED) is 0.265. The van der Waals surface area contributed by atoms with Crippen molar-refractivity contribution in [3.8, 4) is 0 Å². The summed E-state index contributed by atoms with van der Waals surface area (Å²) in [6.45, 7) is 4.19. The molecule has 0 saturated carbocycles. The van der Waals surface area contributed by atoms with Crippen molar-refractivity contribution in [3.05, 3.63) is 29.3 Å². The monoisotopic (exact) mass is 511 g/mol. The van der Waals surface area contributed by atoms with E-state index in [1.165, 1.54) is 0 Å². The Morgan fingerprint density at radius 2 is 1.85 bits per heavy atom. The van der Waals surface area contributed by atoms with Gasteiger partial charge < -0.3 is 20.4 Å². The van der Waals surface area contributed by atoms with E-state index in [9.17, 15) is 4.79 Å². The molecule has 1 amide bonds. The lowest BCUT2D eigenvalue weighted by molar-refractivity contribution is -0.130. The van der Waals surface area contributed by atoms with Gasteiger partial charge in [0, 0.05) is 56.2 Å². The van der Waals surface area contributed by atoms with Crippen molar-refractivity contribution in [1.29, 1.82) is 0 Å². The van der Waals surface area contributed by atoms with Crippen molar-refractivity contribution in [2.45, 2.75) is 0 Å². The maximum atomic E-state index is 12.4. The third-order valence-corrected chi connectivity index (χ3v) is 4.92. The molecule has 1 saturated heterocycles. The fourth-order valence-corrected chi connectivity index (χ4v) is 3.06. The van der Waals surface area contributed by atoms with Crippen molar-refractivity contribution in [1.82, 2.24) is 15.5 Å². The summed E-state index contributed by atoms with van der Waals surface area (Å²) in [5.41, 5.74) is 1.15. The van der Waals surface area contributed by atoms with E-state index in [0.29, 0.717) is 5.96 Å². The average molecular weight is 512 g/mol. The number of rotatable bonds is 6. The van der Waals surface area contributed by atoms with Crippen molar-refractivity contribution in [2.24, 2.45) is 4.99 Å². The molecule has 1 aliphatic heterocycles. The molecule has 0 radical (unpaired) electrons. The van der Waals surface area contributed by atoms with E-state index in [1.807, 2.05) is 29.2 Å². The molecule has 0 bridgehead atoms. The second-order valence-electron chi connectivity index (χ2n) is 5.69. The van der Waals surface area contributed by atoms with Gasteiger partial charge in [-0.25, -0.2) is 0 Å². The Hall–Kier alpha value is -0.870. The third-order valence-electron chi connectivity index (χ3n) is 4.05. The fraction of sp³-hybridized carbons (Fsp3) is 0.529. The molecule has 26 heavy (non-hydrogen) atoms. The molecule has 0 aliphatic carbocycles. The van der Waals surface area contributed by atoms with Gasteiger partial charge in [0.05, 0.1) is 6.54 Å². The lowest BCUT2D eigenvalue weighted by Crippen LogP contribution is -2.52. The van der Waals surface area contributed by atoms with Crippen LogP contribution in [0.1, 0.15) is 0 Å². The van der Waals surface area contributed by atoms with Crippen LogP contribution < -0.4 is 15.5 Å². The van der Waals surface area contributed by atoms with E-state index in [-0.39, 0.29) is 36.4 Å². The lowest BCUT2D eigenvalue weighted by atomic mass is 10.2. The topological polar surface area (TPSA) is 60.0 Å². The number of aliphatic imine (C=N–C) groups is 1. The summed E-state index contributed by atoms with van der Waals surface area (Å²) >= 11 is 7.70. The molecule has 1 heterocycles. The molecule has 2 rings (SSSR count). The minimum absolute atomic E-state index is 0. The Morgan fingerprint density at radius 1 is 1.19 bits per heavy atom. The van der Waals surface area contributed by atoms with Gasteiger partial charge >= 0.3 is 0 Å². The van der Waals surface area contributed by atoms with Crippen LogP contribution in [-0.2, 0) is 4.79 Å². The first-order valence-corrected chi connectivity index (χ1v) is 10.1. The number of piperazine rings is 1. The number of carbonyl (C=O) groups excluding carboxylic acids is 1. The van der Waals surface area contributed by atoms with Crippen molar-refractivity contribution in [2.75, 3.05) is 63.2 Å². The second-order valence-corrected chi connectivity index (χ2v) is 7.11. The van der Waals surface area contributed by atoms with Crippen LogP contribution in [0.5, 0.6) is 0 Å². The zero-order chi connectivity index (χ0) is 18.1. The first kappa shape index (κ1) is 23.2. The molecule has 0 atom stereocenters. The minimum atomic E-state index is 0. The zero-order valence-corrected chi connectivity index (χ0v) is 19.1. The van der Waals surface area contributed by atoms with E-state index in [0.717, 1.165) is 49.2 Å². The fourth-order valence-electron chi connectivity index (χ4n) is 2.63.